The summed E-state index contributed by atoms with van der Waals surface area (Å²) in [5, 5.41) is 8.45. The number of rotatable bonds is 7. The predicted molar refractivity (Wildman–Crippen MR) is 114 cm³/mol. The topological polar surface area (TPSA) is 90.8 Å². The number of aromatic nitrogens is 2. The van der Waals surface area contributed by atoms with Crippen LogP contribution in [0.1, 0.15) is 31.2 Å². The summed E-state index contributed by atoms with van der Waals surface area (Å²) < 4.78 is 22.2. The molecule has 0 saturated heterocycles. The van der Waals surface area contributed by atoms with Crippen molar-refractivity contribution in [2.24, 2.45) is 0 Å². The Morgan fingerprint density at radius 1 is 1.26 bits per heavy atom. The molecule has 0 atom stereocenters. The molecule has 162 valence electrons. The monoisotopic (exact) mass is 443 g/mol. The van der Waals surface area contributed by atoms with Crippen molar-refractivity contribution in [3.63, 3.8) is 0 Å². The molecule has 31 heavy (non-hydrogen) atoms. The molecule has 4 rings (SSSR count). The van der Waals surface area contributed by atoms with Crippen molar-refractivity contribution in [1.29, 1.82) is 0 Å². The molecule has 0 fully saturated rings. The number of fused-ring (bicyclic) bond motifs is 1. The van der Waals surface area contributed by atoms with Gasteiger partial charge in [-0.2, -0.15) is 0 Å². The largest absolute Gasteiger partial charge is 0.489 e. The van der Waals surface area contributed by atoms with Gasteiger partial charge >= 0.3 is 0 Å². The van der Waals surface area contributed by atoms with Crippen LogP contribution in [0.25, 0.3) is 17.7 Å². The van der Waals surface area contributed by atoms with Crippen molar-refractivity contribution in [2.45, 2.75) is 26.3 Å². The molecule has 1 aliphatic heterocycles. The predicted octanol–water partition coefficient (Wildman–Crippen LogP) is 4.60. The van der Waals surface area contributed by atoms with Gasteiger partial charge < -0.3 is 23.2 Å². The van der Waals surface area contributed by atoms with Gasteiger partial charge in [-0.1, -0.05) is 18.5 Å². The van der Waals surface area contributed by atoms with E-state index in [9.17, 15) is 4.79 Å². The molecule has 0 N–H and O–H groups in total. The first-order chi connectivity index (χ1) is 15.1. The number of benzene rings is 1. The molecule has 0 aliphatic carbocycles. The molecule has 1 aliphatic rings. The van der Waals surface area contributed by atoms with E-state index in [1.165, 1.54) is 12.3 Å². The fourth-order valence-electron chi connectivity index (χ4n) is 3.14. The molecule has 0 bridgehead atoms. The Morgan fingerprint density at radius 2 is 2.13 bits per heavy atom. The quantitative estimate of drug-likeness (QED) is 0.493. The second kappa shape index (κ2) is 9.70. The normalized spacial score (nSPS) is 13.4. The standard InChI is InChI=1S/C22H22ClN3O5/c1-2-8-26(14-19-24-25-22(31-19)17-5-3-9-28-17)20(27)7-6-15-12-16(23)21-18(13-15)29-10-4-11-30-21/h3,5-7,9,12-13H,2,4,8,10-11,14H2,1H3/b7-6+. The highest BCUT2D eigenvalue weighted by Crippen LogP contribution is 2.38. The lowest BCUT2D eigenvalue weighted by molar-refractivity contribution is -0.126. The summed E-state index contributed by atoms with van der Waals surface area (Å²) in [5.74, 6) is 2.04. The van der Waals surface area contributed by atoms with Gasteiger partial charge in [0, 0.05) is 19.0 Å². The number of furan rings is 1. The van der Waals surface area contributed by atoms with Crippen LogP contribution in [0.5, 0.6) is 11.5 Å². The second-order valence-corrected chi connectivity index (χ2v) is 7.36. The van der Waals surface area contributed by atoms with Gasteiger partial charge in [0.15, 0.2) is 17.3 Å². The van der Waals surface area contributed by atoms with E-state index in [-0.39, 0.29) is 18.3 Å². The van der Waals surface area contributed by atoms with Gasteiger partial charge in [0.1, 0.15) is 0 Å². The minimum absolute atomic E-state index is 0.178. The molecule has 8 nitrogen and oxygen atoms in total. The molecule has 1 aromatic carbocycles. The van der Waals surface area contributed by atoms with Crippen molar-refractivity contribution in [1.82, 2.24) is 15.1 Å². The number of ether oxygens (including phenoxy) is 2. The van der Waals surface area contributed by atoms with Crippen LogP contribution < -0.4 is 9.47 Å². The summed E-state index contributed by atoms with van der Waals surface area (Å²) in [7, 11) is 0. The van der Waals surface area contributed by atoms with Gasteiger partial charge in [-0.25, -0.2) is 0 Å². The van der Waals surface area contributed by atoms with E-state index in [4.69, 9.17) is 29.9 Å². The van der Waals surface area contributed by atoms with Gasteiger partial charge in [0.2, 0.25) is 11.8 Å². The maximum Gasteiger partial charge on any atom is 0.283 e. The molecular formula is C22H22ClN3O5. The Labute approximate surface area is 184 Å². The van der Waals surface area contributed by atoms with E-state index in [0.29, 0.717) is 47.9 Å². The van der Waals surface area contributed by atoms with Gasteiger partial charge in [0.25, 0.3) is 5.89 Å². The molecular weight excluding hydrogens is 422 g/mol. The first-order valence-corrected chi connectivity index (χ1v) is 10.4. The summed E-state index contributed by atoms with van der Waals surface area (Å²) in [5.41, 5.74) is 0.747. The van der Waals surface area contributed by atoms with Crippen LogP contribution in [0.2, 0.25) is 5.02 Å². The number of carbonyl (C=O) groups excluding carboxylic acids is 1. The number of hydrogen-bond acceptors (Lipinski definition) is 7. The van der Waals surface area contributed by atoms with Crippen LogP contribution in [0.3, 0.4) is 0 Å². The highest BCUT2D eigenvalue weighted by Gasteiger charge is 2.18. The average molecular weight is 444 g/mol. The third-order valence-electron chi connectivity index (χ3n) is 4.57. The van der Waals surface area contributed by atoms with Crippen LogP contribution in [0.4, 0.5) is 0 Å². The smallest absolute Gasteiger partial charge is 0.283 e. The van der Waals surface area contributed by atoms with Crippen molar-refractivity contribution in [3.8, 4) is 23.1 Å². The summed E-state index contributed by atoms with van der Waals surface area (Å²) in [6, 6.07) is 7.03. The van der Waals surface area contributed by atoms with Crippen LogP contribution in [-0.4, -0.2) is 40.8 Å². The molecule has 0 spiro atoms. The van der Waals surface area contributed by atoms with E-state index >= 15 is 0 Å². The van der Waals surface area contributed by atoms with E-state index in [1.54, 1.807) is 29.2 Å². The highest BCUT2D eigenvalue weighted by atomic mass is 35.5. The zero-order valence-electron chi connectivity index (χ0n) is 17.0. The summed E-state index contributed by atoms with van der Waals surface area (Å²) in [4.78, 5) is 14.5. The maximum absolute atomic E-state index is 12.8. The Balaban J connectivity index is 1.47. The zero-order valence-corrected chi connectivity index (χ0v) is 17.8. The molecule has 3 heterocycles. The minimum Gasteiger partial charge on any atom is -0.489 e. The van der Waals surface area contributed by atoms with Crippen LogP contribution >= 0.6 is 11.6 Å². The van der Waals surface area contributed by atoms with Crippen LogP contribution in [0, 0.1) is 0 Å². The Bertz CT molecular complexity index is 1060. The fourth-order valence-corrected chi connectivity index (χ4v) is 3.41. The molecule has 1 amide bonds. The van der Waals surface area contributed by atoms with E-state index < -0.39 is 0 Å². The molecule has 3 aromatic rings. The molecule has 0 saturated carbocycles. The average Bonchev–Trinajstić information content (AvgIpc) is 3.39. The van der Waals surface area contributed by atoms with E-state index in [1.807, 2.05) is 13.0 Å². The van der Waals surface area contributed by atoms with Crippen molar-refractivity contribution in [3.05, 3.63) is 53.1 Å². The summed E-state index contributed by atoms with van der Waals surface area (Å²) >= 11 is 6.33. The molecule has 0 unspecified atom stereocenters. The lowest BCUT2D eigenvalue weighted by Crippen LogP contribution is -2.29. The number of hydrogen-bond donors (Lipinski definition) is 0. The van der Waals surface area contributed by atoms with Crippen molar-refractivity contribution >= 4 is 23.6 Å². The van der Waals surface area contributed by atoms with E-state index in [0.717, 1.165) is 18.4 Å². The Kier molecular flexibility index (Phi) is 6.57. The van der Waals surface area contributed by atoms with Gasteiger partial charge in [-0.05, 0) is 42.3 Å². The Morgan fingerprint density at radius 3 is 2.94 bits per heavy atom. The van der Waals surface area contributed by atoms with Gasteiger partial charge in [0.05, 0.1) is 31.0 Å². The van der Waals surface area contributed by atoms with Gasteiger partial charge in [-0.15, -0.1) is 10.2 Å². The lowest BCUT2D eigenvalue weighted by Gasteiger charge is -2.18. The summed E-state index contributed by atoms with van der Waals surface area (Å²) in [6.45, 7) is 3.86. The Hall–Kier alpha value is -3.26. The minimum atomic E-state index is -0.178. The van der Waals surface area contributed by atoms with Crippen LogP contribution in [-0.2, 0) is 11.3 Å². The zero-order chi connectivity index (χ0) is 21.6. The van der Waals surface area contributed by atoms with Crippen LogP contribution in [0.15, 0.2) is 45.4 Å². The van der Waals surface area contributed by atoms with Crippen molar-refractivity contribution < 1.29 is 23.1 Å². The second-order valence-electron chi connectivity index (χ2n) is 6.95. The molecule has 9 heteroatoms. The number of nitrogens with zero attached hydrogens (tertiary/aromatic N) is 3. The van der Waals surface area contributed by atoms with Crippen molar-refractivity contribution in [2.75, 3.05) is 19.8 Å². The molecule has 2 aromatic heterocycles. The first kappa shape index (κ1) is 21.0. The number of halogens is 1. The highest BCUT2D eigenvalue weighted by molar-refractivity contribution is 6.32. The third kappa shape index (κ3) is 5.08. The lowest BCUT2D eigenvalue weighted by atomic mass is 10.2. The van der Waals surface area contributed by atoms with Gasteiger partial charge in [-0.3, -0.25) is 4.79 Å². The maximum atomic E-state index is 12.8. The molecule has 0 radical (unpaired) electrons. The number of carbonyl (C=O) groups is 1. The SMILES string of the molecule is CCCN(Cc1nnc(-c2ccco2)o1)C(=O)/C=C/c1cc(Cl)c2c(c1)OCCCO2. The fraction of sp³-hybridized carbons (Fsp3) is 0.318. The first-order valence-electron chi connectivity index (χ1n) is 10.1. The number of amides is 1. The van der Waals surface area contributed by atoms with E-state index in [2.05, 4.69) is 10.2 Å². The third-order valence-corrected chi connectivity index (χ3v) is 4.85. The summed E-state index contributed by atoms with van der Waals surface area (Å²) in [6.07, 6.45) is 6.30.